The molecule has 2 rings (SSSR count). The number of aromatic nitrogens is 5. The molecule has 0 radical (unpaired) electrons. The minimum atomic E-state index is -0.0687. The third-order valence-corrected chi connectivity index (χ3v) is 3.35. The predicted molar refractivity (Wildman–Crippen MR) is 78.7 cm³/mol. The molecule has 0 aromatic carbocycles. The number of aryl methyl sites for hydroxylation is 2. The normalized spacial score (nSPS) is 12.3. The smallest absolute Gasteiger partial charge is 0.242 e. The molecule has 2 aromatic heterocycles. The summed E-state index contributed by atoms with van der Waals surface area (Å²) in [5.41, 5.74) is 0. The van der Waals surface area contributed by atoms with E-state index < -0.39 is 0 Å². The average Bonchev–Trinajstić information content (AvgIpc) is 3.05. The Hall–Kier alpha value is -1.89. The highest BCUT2D eigenvalue weighted by Gasteiger charge is 2.17. The number of hydrogen-bond donors (Lipinski definition) is 2. The SMILES string of the molecule is CCCC(NC(=O)CCc1nc(Cl)n[nH]1)c1nccn1C. The lowest BCUT2D eigenvalue weighted by molar-refractivity contribution is -0.122. The third-order valence-electron chi connectivity index (χ3n) is 3.18. The number of halogens is 1. The zero-order valence-electron chi connectivity index (χ0n) is 12.1. The van der Waals surface area contributed by atoms with Crippen molar-refractivity contribution in [2.75, 3.05) is 0 Å². The number of amides is 1. The summed E-state index contributed by atoms with van der Waals surface area (Å²) in [6, 6.07) is -0.0687. The van der Waals surface area contributed by atoms with Gasteiger partial charge in [-0.2, -0.15) is 0 Å². The number of imidazole rings is 1. The first-order chi connectivity index (χ1) is 10.1. The van der Waals surface area contributed by atoms with Gasteiger partial charge >= 0.3 is 0 Å². The maximum atomic E-state index is 12.1. The van der Waals surface area contributed by atoms with Gasteiger partial charge in [-0.1, -0.05) is 13.3 Å². The van der Waals surface area contributed by atoms with Gasteiger partial charge in [0.15, 0.2) is 0 Å². The molecule has 0 saturated carbocycles. The van der Waals surface area contributed by atoms with E-state index in [1.54, 1.807) is 6.20 Å². The summed E-state index contributed by atoms with van der Waals surface area (Å²) < 4.78 is 1.93. The number of nitrogens with zero attached hydrogens (tertiary/aromatic N) is 4. The van der Waals surface area contributed by atoms with Crippen LogP contribution in [0, 0.1) is 0 Å². The Morgan fingerprint density at radius 1 is 1.57 bits per heavy atom. The van der Waals surface area contributed by atoms with E-state index in [0.29, 0.717) is 18.7 Å². The highest BCUT2D eigenvalue weighted by molar-refractivity contribution is 6.28. The van der Waals surface area contributed by atoms with Crippen LogP contribution in [0.3, 0.4) is 0 Å². The summed E-state index contributed by atoms with van der Waals surface area (Å²) in [6.45, 7) is 2.08. The molecule has 2 heterocycles. The number of rotatable bonds is 7. The van der Waals surface area contributed by atoms with Crippen LogP contribution in [0.1, 0.15) is 43.9 Å². The van der Waals surface area contributed by atoms with E-state index >= 15 is 0 Å². The molecular formula is C13H19ClN6O. The van der Waals surface area contributed by atoms with Gasteiger partial charge in [0.25, 0.3) is 0 Å². The second-order valence-corrected chi connectivity index (χ2v) is 5.19. The largest absolute Gasteiger partial charge is 0.346 e. The number of hydrogen-bond acceptors (Lipinski definition) is 4. The van der Waals surface area contributed by atoms with Gasteiger partial charge in [-0.25, -0.2) is 9.97 Å². The van der Waals surface area contributed by atoms with Crippen LogP contribution in [0.5, 0.6) is 0 Å². The van der Waals surface area contributed by atoms with Crippen molar-refractivity contribution in [1.29, 1.82) is 0 Å². The molecule has 0 aliphatic rings. The van der Waals surface area contributed by atoms with Crippen molar-refractivity contribution >= 4 is 17.5 Å². The molecule has 114 valence electrons. The van der Waals surface area contributed by atoms with Crippen molar-refractivity contribution < 1.29 is 4.79 Å². The Kier molecular flexibility index (Phi) is 5.32. The minimum Gasteiger partial charge on any atom is -0.346 e. The van der Waals surface area contributed by atoms with Crippen LogP contribution in [0.15, 0.2) is 12.4 Å². The summed E-state index contributed by atoms with van der Waals surface area (Å²) in [5, 5.41) is 9.60. The lowest BCUT2D eigenvalue weighted by Crippen LogP contribution is -2.30. The summed E-state index contributed by atoms with van der Waals surface area (Å²) in [5.74, 6) is 1.44. The monoisotopic (exact) mass is 310 g/mol. The second kappa shape index (κ2) is 7.21. The van der Waals surface area contributed by atoms with Crippen molar-refractivity contribution in [3.63, 3.8) is 0 Å². The first-order valence-corrected chi connectivity index (χ1v) is 7.31. The quantitative estimate of drug-likeness (QED) is 0.816. The van der Waals surface area contributed by atoms with E-state index in [9.17, 15) is 4.79 Å². The van der Waals surface area contributed by atoms with Gasteiger partial charge in [0.2, 0.25) is 11.2 Å². The fourth-order valence-electron chi connectivity index (χ4n) is 2.15. The molecule has 1 atom stereocenters. The summed E-state index contributed by atoms with van der Waals surface area (Å²) in [7, 11) is 1.92. The highest BCUT2D eigenvalue weighted by Crippen LogP contribution is 2.16. The van der Waals surface area contributed by atoms with Crippen LogP contribution in [0.4, 0.5) is 0 Å². The van der Waals surface area contributed by atoms with E-state index in [-0.39, 0.29) is 17.2 Å². The van der Waals surface area contributed by atoms with E-state index in [0.717, 1.165) is 18.7 Å². The lowest BCUT2D eigenvalue weighted by atomic mass is 10.1. The van der Waals surface area contributed by atoms with Gasteiger partial charge in [0.05, 0.1) is 6.04 Å². The summed E-state index contributed by atoms with van der Waals surface area (Å²) in [6.07, 6.45) is 6.24. The molecule has 0 bridgehead atoms. The molecular weight excluding hydrogens is 292 g/mol. The van der Waals surface area contributed by atoms with E-state index in [2.05, 4.69) is 32.4 Å². The van der Waals surface area contributed by atoms with Crippen LogP contribution in [0.2, 0.25) is 5.28 Å². The van der Waals surface area contributed by atoms with Gasteiger partial charge in [0, 0.05) is 32.3 Å². The summed E-state index contributed by atoms with van der Waals surface area (Å²) >= 11 is 5.62. The molecule has 2 aromatic rings. The molecule has 0 saturated heterocycles. The fourth-order valence-corrected chi connectivity index (χ4v) is 2.29. The van der Waals surface area contributed by atoms with E-state index in [1.165, 1.54) is 0 Å². The molecule has 0 aliphatic carbocycles. The zero-order chi connectivity index (χ0) is 15.2. The van der Waals surface area contributed by atoms with Gasteiger partial charge in [-0.3, -0.25) is 9.89 Å². The standard InChI is InChI=1S/C13H19ClN6O/c1-3-4-9(12-15-7-8-20(12)2)16-11(21)6-5-10-17-13(14)19-18-10/h7-9H,3-6H2,1-2H3,(H,16,21)(H,17,18,19). The van der Waals surface area contributed by atoms with Crippen LogP contribution in [0.25, 0.3) is 0 Å². The highest BCUT2D eigenvalue weighted by atomic mass is 35.5. The van der Waals surface area contributed by atoms with E-state index in [1.807, 2.05) is 17.8 Å². The molecule has 2 N–H and O–H groups in total. The van der Waals surface area contributed by atoms with Crippen LogP contribution in [-0.4, -0.2) is 30.6 Å². The fraction of sp³-hybridized carbons (Fsp3) is 0.538. The molecule has 1 amide bonds. The molecule has 0 aliphatic heterocycles. The number of carbonyl (C=O) groups is 1. The first kappa shape index (κ1) is 15.5. The Bertz CT molecular complexity index is 593. The van der Waals surface area contributed by atoms with Crippen molar-refractivity contribution in [3.8, 4) is 0 Å². The first-order valence-electron chi connectivity index (χ1n) is 6.93. The maximum Gasteiger partial charge on any atom is 0.242 e. The van der Waals surface area contributed by atoms with Gasteiger partial charge < -0.3 is 9.88 Å². The predicted octanol–water partition coefficient (Wildman–Crippen LogP) is 1.78. The Morgan fingerprint density at radius 3 is 2.95 bits per heavy atom. The summed E-state index contributed by atoms with van der Waals surface area (Å²) in [4.78, 5) is 20.3. The molecule has 0 fully saturated rings. The number of nitrogens with one attached hydrogen (secondary N) is 2. The molecule has 1 unspecified atom stereocenters. The molecule has 21 heavy (non-hydrogen) atoms. The van der Waals surface area contributed by atoms with Gasteiger partial charge in [0.1, 0.15) is 11.6 Å². The molecule has 7 nitrogen and oxygen atoms in total. The van der Waals surface area contributed by atoms with Crippen molar-refractivity contribution in [2.45, 2.75) is 38.6 Å². The van der Waals surface area contributed by atoms with Crippen LogP contribution >= 0.6 is 11.6 Å². The number of carbonyl (C=O) groups excluding carboxylic acids is 1. The second-order valence-electron chi connectivity index (χ2n) is 4.86. The molecule has 0 spiro atoms. The van der Waals surface area contributed by atoms with Crippen molar-refractivity contribution in [1.82, 2.24) is 30.0 Å². The third kappa shape index (κ3) is 4.29. The topological polar surface area (TPSA) is 88.5 Å². The van der Waals surface area contributed by atoms with E-state index in [4.69, 9.17) is 11.6 Å². The van der Waals surface area contributed by atoms with Gasteiger partial charge in [-0.05, 0) is 18.0 Å². The van der Waals surface area contributed by atoms with Crippen molar-refractivity contribution in [2.24, 2.45) is 7.05 Å². The van der Waals surface area contributed by atoms with Crippen molar-refractivity contribution in [3.05, 3.63) is 29.3 Å². The molecule has 8 heteroatoms. The number of H-pyrrole nitrogens is 1. The maximum absolute atomic E-state index is 12.1. The van der Waals surface area contributed by atoms with Gasteiger partial charge in [-0.15, -0.1) is 5.10 Å². The Labute approximate surface area is 128 Å². The zero-order valence-corrected chi connectivity index (χ0v) is 12.9. The Morgan fingerprint density at radius 2 is 2.38 bits per heavy atom. The van der Waals surface area contributed by atoms with Crippen LogP contribution in [-0.2, 0) is 18.3 Å². The minimum absolute atomic E-state index is 0.0380. The average molecular weight is 311 g/mol. The lowest BCUT2D eigenvalue weighted by Gasteiger charge is -2.17. The Balaban J connectivity index is 1.91. The van der Waals surface area contributed by atoms with Crippen LogP contribution < -0.4 is 5.32 Å². The number of aromatic amines is 1.